The van der Waals surface area contributed by atoms with Crippen LogP contribution in [0.2, 0.25) is 0 Å². The first kappa shape index (κ1) is 27.8. The molecule has 0 amide bonds. The molecule has 0 saturated heterocycles. The summed E-state index contributed by atoms with van der Waals surface area (Å²) in [6, 6.07) is 0. The van der Waals surface area contributed by atoms with Gasteiger partial charge in [-0.05, 0) is 19.3 Å². The molecule has 0 atom stereocenters. The second kappa shape index (κ2) is 26.8. The molecule has 0 aromatic rings. The van der Waals surface area contributed by atoms with E-state index >= 15 is 0 Å². The van der Waals surface area contributed by atoms with E-state index in [2.05, 4.69) is 6.92 Å². The minimum absolute atomic E-state index is 0.0616. The van der Waals surface area contributed by atoms with Crippen molar-refractivity contribution >= 4 is 0 Å². The Labute approximate surface area is 174 Å². The van der Waals surface area contributed by atoms with E-state index in [0.29, 0.717) is 33.0 Å². The van der Waals surface area contributed by atoms with E-state index in [9.17, 15) is 0 Å². The summed E-state index contributed by atoms with van der Waals surface area (Å²) < 4.78 is 21.7. The van der Waals surface area contributed by atoms with Crippen molar-refractivity contribution in [1.29, 1.82) is 0 Å². The van der Waals surface area contributed by atoms with Gasteiger partial charge in [0.05, 0.1) is 39.6 Å². The van der Waals surface area contributed by atoms with E-state index in [1.807, 2.05) is 0 Å². The quantitative estimate of drug-likeness (QED) is 0.214. The fraction of sp³-hybridized carbons (Fsp3) is 1.00. The van der Waals surface area contributed by atoms with Gasteiger partial charge >= 0.3 is 0 Å². The van der Waals surface area contributed by atoms with Crippen LogP contribution in [0.5, 0.6) is 0 Å². The Morgan fingerprint density at radius 1 is 0.393 bits per heavy atom. The molecule has 0 aliphatic heterocycles. The lowest BCUT2D eigenvalue weighted by Crippen LogP contribution is -2.11. The highest BCUT2D eigenvalue weighted by atomic mass is 16.5. The van der Waals surface area contributed by atoms with Crippen LogP contribution in [0.15, 0.2) is 0 Å². The first-order chi connectivity index (χ1) is 13.9. The molecule has 0 bridgehead atoms. The van der Waals surface area contributed by atoms with Crippen LogP contribution in [-0.2, 0) is 18.9 Å². The Balaban J connectivity index is 2.96. The zero-order valence-electron chi connectivity index (χ0n) is 18.6. The summed E-state index contributed by atoms with van der Waals surface area (Å²) in [5.74, 6) is 0. The molecule has 0 rings (SSSR count). The predicted octanol–water partition coefficient (Wildman–Crippen LogP) is 5.14. The van der Waals surface area contributed by atoms with Crippen molar-refractivity contribution < 1.29 is 24.1 Å². The van der Waals surface area contributed by atoms with Gasteiger partial charge < -0.3 is 24.1 Å². The monoisotopic (exact) mass is 404 g/mol. The largest absolute Gasteiger partial charge is 0.394 e. The predicted molar refractivity (Wildman–Crippen MR) is 116 cm³/mol. The van der Waals surface area contributed by atoms with Crippen molar-refractivity contribution in [2.45, 2.75) is 90.4 Å². The third-order valence-electron chi connectivity index (χ3n) is 4.70. The van der Waals surface area contributed by atoms with Crippen LogP contribution in [-0.4, -0.2) is 64.6 Å². The Morgan fingerprint density at radius 2 is 0.714 bits per heavy atom. The van der Waals surface area contributed by atoms with Gasteiger partial charge in [-0.3, -0.25) is 0 Å². The maximum absolute atomic E-state index is 8.55. The van der Waals surface area contributed by atoms with Gasteiger partial charge in [-0.2, -0.15) is 0 Å². The zero-order chi connectivity index (χ0) is 20.4. The number of hydrogen-bond donors (Lipinski definition) is 1. The lowest BCUT2D eigenvalue weighted by molar-refractivity contribution is 0.00640. The summed E-state index contributed by atoms with van der Waals surface area (Å²) in [6.45, 7) is 7.53. The van der Waals surface area contributed by atoms with Gasteiger partial charge in [-0.1, -0.05) is 71.1 Å². The van der Waals surface area contributed by atoms with E-state index in [0.717, 1.165) is 32.7 Å². The molecular weight excluding hydrogens is 356 g/mol. The SMILES string of the molecule is CCCCCCCCCCCCCOCCCCOCCOCCOCCO. The minimum atomic E-state index is 0.0616. The molecule has 0 unspecified atom stereocenters. The van der Waals surface area contributed by atoms with Crippen LogP contribution in [0, 0.1) is 0 Å². The molecule has 0 aromatic heterocycles. The van der Waals surface area contributed by atoms with Gasteiger partial charge in [-0.25, -0.2) is 0 Å². The number of hydrogen-bond acceptors (Lipinski definition) is 5. The van der Waals surface area contributed by atoms with Gasteiger partial charge in [0, 0.05) is 19.8 Å². The van der Waals surface area contributed by atoms with Gasteiger partial charge in [-0.15, -0.1) is 0 Å². The van der Waals surface area contributed by atoms with Crippen LogP contribution >= 0.6 is 0 Å². The molecule has 0 aromatic carbocycles. The third kappa shape index (κ3) is 25.8. The zero-order valence-corrected chi connectivity index (χ0v) is 18.6. The molecule has 0 aliphatic rings. The summed E-state index contributed by atoms with van der Waals surface area (Å²) in [5, 5.41) is 8.55. The Hall–Kier alpha value is -0.200. The number of ether oxygens (including phenoxy) is 4. The summed E-state index contributed by atoms with van der Waals surface area (Å²) >= 11 is 0. The molecular formula is C23H48O5. The number of rotatable bonds is 25. The van der Waals surface area contributed by atoms with Gasteiger partial charge in [0.1, 0.15) is 0 Å². The second-order valence-electron chi connectivity index (χ2n) is 7.42. The molecule has 0 fully saturated rings. The first-order valence-electron chi connectivity index (χ1n) is 11.8. The van der Waals surface area contributed by atoms with Crippen molar-refractivity contribution in [3.8, 4) is 0 Å². The van der Waals surface area contributed by atoms with Crippen molar-refractivity contribution in [1.82, 2.24) is 0 Å². The lowest BCUT2D eigenvalue weighted by Gasteiger charge is -2.07. The van der Waals surface area contributed by atoms with Crippen LogP contribution in [0.25, 0.3) is 0 Å². The lowest BCUT2D eigenvalue weighted by atomic mass is 10.1. The first-order valence-corrected chi connectivity index (χ1v) is 11.8. The van der Waals surface area contributed by atoms with Crippen molar-refractivity contribution in [3.63, 3.8) is 0 Å². The normalized spacial score (nSPS) is 11.4. The summed E-state index contributed by atoms with van der Waals surface area (Å²) in [5.41, 5.74) is 0. The molecule has 1 N–H and O–H groups in total. The Kier molecular flexibility index (Phi) is 26.6. The number of aliphatic hydroxyl groups excluding tert-OH is 1. The van der Waals surface area contributed by atoms with E-state index < -0.39 is 0 Å². The van der Waals surface area contributed by atoms with Crippen LogP contribution in [0.1, 0.15) is 90.4 Å². The smallest absolute Gasteiger partial charge is 0.0701 e. The fourth-order valence-corrected chi connectivity index (χ4v) is 2.99. The molecule has 0 radical (unpaired) electrons. The van der Waals surface area contributed by atoms with Crippen molar-refractivity contribution in [2.75, 3.05) is 59.5 Å². The van der Waals surface area contributed by atoms with E-state index in [-0.39, 0.29) is 6.61 Å². The van der Waals surface area contributed by atoms with Crippen molar-refractivity contribution in [3.05, 3.63) is 0 Å². The summed E-state index contributed by atoms with van der Waals surface area (Å²) in [4.78, 5) is 0. The molecule has 0 spiro atoms. The van der Waals surface area contributed by atoms with Gasteiger partial charge in [0.2, 0.25) is 0 Å². The van der Waals surface area contributed by atoms with E-state index in [1.54, 1.807) is 0 Å². The Bertz CT molecular complexity index is 237. The van der Waals surface area contributed by atoms with Crippen LogP contribution in [0.4, 0.5) is 0 Å². The van der Waals surface area contributed by atoms with E-state index in [1.165, 1.54) is 70.6 Å². The molecule has 0 saturated carbocycles. The van der Waals surface area contributed by atoms with Crippen LogP contribution < -0.4 is 0 Å². The summed E-state index contributed by atoms with van der Waals surface area (Å²) in [7, 11) is 0. The third-order valence-corrected chi connectivity index (χ3v) is 4.70. The number of aliphatic hydroxyl groups is 1. The van der Waals surface area contributed by atoms with E-state index in [4.69, 9.17) is 24.1 Å². The maximum atomic E-state index is 8.55. The molecule has 5 nitrogen and oxygen atoms in total. The average molecular weight is 405 g/mol. The fourth-order valence-electron chi connectivity index (χ4n) is 2.99. The van der Waals surface area contributed by atoms with Crippen molar-refractivity contribution in [2.24, 2.45) is 0 Å². The number of unbranched alkanes of at least 4 members (excludes halogenated alkanes) is 11. The summed E-state index contributed by atoms with van der Waals surface area (Å²) in [6.07, 6.45) is 17.2. The molecule has 28 heavy (non-hydrogen) atoms. The van der Waals surface area contributed by atoms with Gasteiger partial charge in [0.25, 0.3) is 0 Å². The Morgan fingerprint density at radius 3 is 1.18 bits per heavy atom. The molecule has 5 heteroatoms. The highest BCUT2D eigenvalue weighted by Gasteiger charge is 1.95. The molecule has 0 heterocycles. The standard InChI is InChI=1S/C23H48O5/c1-2-3-4-5-6-7-8-9-10-11-12-16-25-17-13-14-18-26-20-22-28-23-21-27-19-15-24/h24H,2-23H2,1H3. The van der Waals surface area contributed by atoms with Gasteiger partial charge in [0.15, 0.2) is 0 Å². The van der Waals surface area contributed by atoms with Crippen LogP contribution in [0.3, 0.4) is 0 Å². The highest BCUT2D eigenvalue weighted by Crippen LogP contribution is 2.11. The molecule has 170 valence electrons. The second-order valence-corrected chi connectivity index (χ2v) is 7.42. The maximum Gasteiger partial charge on any atom is 0.0701 e. The molecule has 0 aliphatic carbocycles. The highest BCUT2D eigenvalue weighted by molar-refractivity contribution is 4.48. The topological polar surface area (TPSA) is 57.2 Å². The minimum Gasteiger partial charge on any atom is -0.394 e. The average Bonchev–Trinajstić information content (AvgIpc) is 2.71.